The summed E-state index contributed by atoms with van der Waals surface area (Å²) in [6.45, 7) is 1.95. The first kappa shape index (κ1) is 17.6. The van der Waals surface area contributed by atoms with Crippen molar-refractivity contribution in [3.05, 3.63) is 29.8 Å². The third-order valence-corrected chi connectivity index (χ3v) is 4.31. The highest BCUT2D eigenvalue weighted by atomic mass is 16.5. The van der Waals surface area contributed by atoms with Crippen molar-refractivity contribution in [3.63, 3.8) is 0 Å². The topological polar surface area (TPSA) is 70.6 Å². The molecule has 1 fully saturated rings. The van der Waals surface area contributed by atoms with E-state index in [0.717, 1.165) is 24.2 Å². The molecule has 0 radical (unpaired) electrons. The Morgan fingerprint density at radius 2 is 1.91 bits per heavy atom. The Balaban J connectivity index is 1.76. The number of hydrogen-bond donors (Lipinski definition) is 3. The Hall–Kier alpha value is -1.75. The maximum absolute atomic E-state index is 11.9. The first-order valence-electron chi connectivity index (χ1n) is 8.38. The van der Waals surface area contributed by atoms with Gasteiger partial charge in [0.25, 0.3) is 0 Å². The summed E-state index contributed by atoms with van der Waals surface area (Å²) in [6, 6.07) is 7.68. The number of nitrogens with one attached hydrogen (secondary N) is 2. The summed E-state index contributed by atoms with van der Waals surface area (Å²) in [5.74, 6) is 0.790. The molecular formula is C18H28N2O3. The number of urea groups is 1. The van der Waals surface area contributed by atoms with E-state index in [4.69, 9.17) is 4.74 Å². The van der Waals surface area contributed by atoms with Gasteiger partial charge in [0.2, 0.25) is 0 Å². The summed E-state index contributed by atoms with van der Waals surface area (Å²) in [4.78, 5) is 11.9. The molecule has 0 aromatic heterocycles. The molecule has 2 rings (SSSR count). The molecule has 1 saturated carbocycles. The van der Waals surface area contributed by atoms with Crippen molar-refractivity contribution < 1.29 is 14.6 Å². The minimum absolute atomic E-state index is 0.188. The second kappa shape index (κ2) is 8.20. The SMILES string of the molecule is COc1ccc(CC(C)(O)CNC(=O)NC2CCCCC2)cc1. The van der Waals surface area contributed by atoms with Crippen molar-refractivity contribution in [1.82, 2.24) is 10.6 Å². The fraction of sp³-hybridized carbons (Fsp3) is 0.611. The Morgan fingerprint density at radius 3 is 2.52 bits per heavy atom. The van der Waals surface area contributed by atoms with Crippen LogP contribution in [-0.4, -0.2) is 36.4 Å². The van der Waals surface area contributed by atoms with Gasteiger partial charge in [0, 0.05) is 19.0 Å². The first-order chi connectivity index (χ1) is 11.0. The van der Waals surface area contributed by atoms with E-state index in [1.54, 1.807) is 14.0 Å². The molecule has 0 aliphatic heterocycles. The van der Waals surface area contributed by atoms with Crippen LogP contribution in [0.1, 0.15) is 44.6 Å². The van der Waals surface area contributed by atoms with E-state index in [-0.39, 0.29) is 18.6 Å². The number of methoxy groups -OCH3 is 1. The molecule has 5 heteroatoms. The Bertz CT molecular complexity index is 493. The van der Waals surface area contributed by atoms with Crippen LogP contribution < -0.4 is 15.4 Å². The van der Waals surface area contributed by atoms with Crippen LogP contribution in [0.25, 0.3) is 0 Å². The second-order valence-corrected chi connectivity index (χ2v) is 6.68. The van der Waals surface area contributed by atoms with Crippen molar-refractivity contribution in [3.8, 4) is 5.75 Å². The third-order valence-electron chi connectivity index (χ3n) is 4.31. The van der Waals surface area contributed by atoms with Crippen LogP contribution >= 0.6 is 0 Å². The molecular weight excluding hydrogens is 292 g/mol. The minimum atomic E-state index is -0.988. The highest BCUT2D eigenvalue weighted by Gasteiger charge is 2.23. The standard InChI is InChI=1S/C18H28N2O3/c1-18(22,12-14-8-10-16(23-2)11-9-14)13-19-17(21)20-15-6-4-3-5-7-15/h8-11,15,22H,3-7,12-13H2,1-2H3,(H2,19,20,21). The molecule has 0 spiro atoms. The number of hydrogen-bond acceptors (Lipinski definition) is 3. The van der Waals surface area contributed by atoms with Crippen molar-refractivity contribution in [2.24, 2.45) is 0 Å². The van der Waals surface area contributed by atoms with E-state index in [2.05, 4.69) is 10.6 Å². The number of rotatable bonds is 6. The highest BCUT2D eigenvalue weighted by Crippen LogP contribution is 2.18. The van der Waals surface area contributed by atoms with Crippen LogP contribution in [0.2, 0.25) is 0 Å². The lowest BCUT2D eigenvalue weighted by molar-refractivity contribution is 0.0622. The predicted octanol–water partition coefficient (Wildman–Crippen LogP) is 2.62. The molecule has 1 aromatic rings. The van der Waals surface area contributed by atoms with Gasteiger partial charge in [-0.05, 0) is 37.5 Å². The van der Waals surface area contributed by atoms with Gasteiger partial charge in [-0.25, -0.2) is 4.79 Å². The van der Waals surface area contributed by atoms with Gasteiger partial charge in [0.15, 0.2) is 0 Å². The van der Waals surface area contributed by atoms with E-state index >= 15 is 0 Å². The number of aliphatic hydroxyl groups is 1. The van der Waals surface area contributed by atoms with Crippen LogP contribution in [0, 0.1) is 0 Å². The van der Waals surface area contributed by atoms with Gasteiger partial charge >= 0.3 is 6.03 Å². The highest BCUT2D eigenvalue weighted by molar-refractivity contribution is 5.74. The summed E-state index contributed by atoms with van der Waals surface area (Å²) in [6.07, 6.45) is 6.20. The largest absolute Gasteiger partial charge is 0.497 e. The molecule has 3 N–H and O–H groups in total. The average Bonchev–Trinajstić information content (AvgIpc) is 2.54. The molecule has 23 heavy (non-hydrogen) atoms. The van der Waals surface area contributed by atoms with Crippen molar-refractivity contribution in [1.29, 1.82) is 0 Å². The third kappa shape index (κ3) is 6.10. The van der Waals surface area contributed by atoms with Gasteiger partial charge < -0.3 is 20.5 Å². The van der Waals surface area contributed by atoms with Crippen LogP contribution in [0.5, 0.6) is 5.75 Å². The monoisotopic (exact) mass is 320 g/mol. The Morgan fingerprint density at radius 1 is 1.26 bits per heavy atom. The summed E-state index contributed by atoms with van der Waals surface area (Å²) >= 11 is 0. The molecule has 1 aliphatic carbocycles. The zero-order valence-corrected chi connectivity index (χ0v) is 14.1. The fourth-order valence-electron chi connectivity index (χ4n) is 3.00. The lowest BCUT2D eigenvalue weighted by Gasteiger charge is -2.26. The van der Waals surface area contributed by atoms with E-state index in [1.165, 1.54) is 19.3 Å². The van der Waals surface area contributed by atoms with Gasteiger partial charge in [0.1, 0.15) is 5.75 Å². The number of benzene rings is 1. The molecule has 0 bridgehead atoms. The molecule has 2 amide bonds. The maximum Gasteiger partial charge on any atom is 0.315 e. The smallest absolute Gasteiger partial charge is 0.315 e. The number of ether oxygens (including phenoxy) is 1. The lowest BCUT2D eigenvalue weighted by Crippen LogP contribution is -2.48. The normalized spacial score (nSPS) is 18.0. The van der Waals surface area contributed by atoms with Crippen molar-refractivity contribution >= 4 is 6.03 Å². The average molecular weight is 320 g/mol. The van der Waals surface area contributed by atoms with Gasteiger partial charge in [0.05, 0.1) is 12.7 Å². The Labute approximate surface area is 138 Å². The van der Waals surface area contributed by atoms with Gasteiger partial charge in [-0.2, -0.15) is 0 Å². The zero-order chi connectivity index (χ0) is 16.7. The maximum atomic E-state index is 11.9. The minimum Gasteiger partial charge on any atom is -0.497 e. The van der Waals surface area contributed by atoms with Crippen LogP contribution in [0.4, 0.5) is 4.79 Å². The molecule has 128 valence electrons. The van der Waals surface area contributed by atoms with Gasteiger partial charge in [-0.1, -0.05) is 31.4 Å². The summed E-state index contributed by atoms with van der Waals surface area (Å²) in [5, 5.41) is 16.3. The van der Waals surface area contributed by atoms with Gasteiger partial charge in [-0.3, -0.25) is 0 Å². The zero-order valence-electron chi connectivity index (χ0n) is 14.1. The fourth-order valence-corrected chi connectivity index (χ4v) is 3.00. The van der Waals surface area contributed by atoms with Crippen molar-refractivity contribution in [2.45, 2.75) is 57.1 Å². The van der Waals surface area contributed by atoms with Crippen LogP contribution in [0.3, 0.4) is 0 Å². The van der Waals surface area contributed by atoms with Crippen molar-refractivity contribution in [2.75, 3.05) is 13.7 Å². The molecule has 1 unspecified atom stereocenters. The summed E-state index contributed by atoms with van der Waals surface area (Å²) in [7, 11) is 1.63. The summed E-state index contributed by atoms with van der Waals surface area (Å²) in [5.41, 5.74) is 0.0173. The van der Waals surface area contributed by atoms with E-state index in [1.807, 2.05) is 24.3 Å². The van der Waals surface area contributed by atoms with E-state index < -0.39 is 5.60 Å². The predicted molar refractivity (Wildman–Crippen MR) is 90.7 cm³/mol. The number of carbonyl (C=O) groups is 1. The Kier molecular flexibility index (Phi) is 6.28. The second-order valence-electron chi connectivity index (χ2n) is 6.68. The summed E-state index contributed by atoms with van der Waals surface area (Å²) < 4.78 is 5.12. The molecule has 1 atom stereocenters. The molecule has 0 heterocycles. The van der Waals surface area contributed by atoms with Crippen LogP contribution in [0.15, 0.2) is 24.3 Å². The lowest BCUT2D eigenvalue weighted by atomic mass is 9.95. The molecule has 1 aromatic carbocycles. The molecule has 1 aliphatic rings. The molecule has 5 nitrogen and oxygen atoms in total. The quantitative estimate of drug-likeness (QED) is 0.754. The van der Waals surface area contributed by atoms with Crippen LogP contribution in [-0.2, 0) is 6.42 Å². The van der Waals surface area contributed by atoms with Gasteiger partial charge in [-0.15, -0.1) is 0 Å². The van der Waals surface area contributed by atoms with E-state index in [9.17, 15) is 9.90 Å². The first-order valence-corrected chi connectivity index (χ1v) is 8.38. The molecule has 0 saturated heterocycles. The number of carbonyl (C=O) groups excluding carboxylic acids is 1. The van der Waals surface area contributed by atoms with E-state index in [0.29, 0.717) is 6.42 Å². The number of amides is 2.